The first-order valence-corrected chi connectivity index (χ1v) is 8.84. The Balaban J connectivity index is 1.59. The van der Waals surface area contributed by atoms with E-state index < -0.39 is 0 Å². The van der Waals surface area contributed by atoms with Crippen molar-refractivity contribution in [1.29, 1.82) is 0 Å². The molecule has 0 bridgehead atoms. The number of methoxy groups -OCH3 is 1. The summed E-state index contributed by atoms with van der Waals surface area (Å²) in [5, 5.41) is 6.58. The number of piperidine rings is 1. The second kappa shape index (κ2) is 7.11. The molecule has 3 rings (SSSR count). The van der Waals surface area contributed by atoms with Crippen molar-refractivity contribution < 1.29 is 9.53 Å². The predicted molar refractivity (Wildman–Crippen MR) is 95.1 cm³/mol. The van der Waals surface area contributed by atoms with Crippen LogP contribution in [0.3, 0.4) is 0 Å². The van der Waals surface area contributed by atoms with Crippen LogP contribution in [-0.2, 0) is 4.79 Å². The summed E-state index contributed by atoms with van der Waals surface area (Å²) in [6, 6.07) is 8.22. The molecular formula is C19H29N3O2. The van der Waals surface area contributed by atoms with E-state index in [4.69, 9.17) is 4.74 Å². The van der Waals surface area contributed by atoms with Crippen molar-refractivity contribution in [1.82, 2.24) is 15.5 Å². The van der Waals surface area contributed by atoms with Gasteiger partial charge in [0.1, 0.15) is 5.75 Å². The Morgan fingerprint density at radius 2 is 2.17 bits per heavy atom. The highest BCUT2D eigenvalue weighted by Gasteiger charge is 2.57. The van der Waals surface area contributed by atoms with Gasteiger partial charge in [-0.25, -0.2) is 0 Å². The Morgan fingerprint density at radius 1 is 1.42 bits per heavy atom. The van der Waals surface area contributed by atoms with Crippen LogP contribution in [0.5, 0.6) is 5.75 Å². The fourth-order valence-corrected chi connectivity index (χ4v) is 3.96. The maximum atomic E-state index is 12.6. The average Bonchev–Trinajstić information content (AvgIpc) is 3.28. The van der Waals surface area contributed by atoms with Crippen LogP contribution >= 0.6 is 0 Å². The molecule has 1 aliphatic carbocycles. The van der Waals surface area contributed by atoms with Crippen molar-refractivity contribution in [2.45, 2.75) is 25.3 Å². The molecule has 1 saturated carbocycles. The van der Waals surface area contributed by atoms with Gasteiger partial charge in [-0.05, 0) is 69.6 Å². The molecule has 0 radical (unpaired) electrons. The lowest BCUT2D eigenvalue weighted by Gasteiger charge is -2.26. The highest BCUT2D eigenvalue weighted by atomic mass is 16.5. The smallest absolute Gasteiger partial charge is 0.223 e. The van der Waals surface area contributed by atoms with Crippen LogP contribution in [0.2, 0.25) is 0 Å². The van der Waals surface area contributed by atoms with E-state index in [9.17, 15) is 4.79 Å². The summed E-state index contributed by atoms with van der Waals surface area (Å²) in [7, 11) is 5.76. The molecule has 2 unspecified atom stereocenters. The van der Waals surface area contributed by atoms with Crippen LogP contribution in [0, 0.1) is 11.3 Å². The third kappa shape index (κ3) is 3.57. The summed E-state index contributed by atoms with van der Waals surface area (Å²) in [5.74, 6) is 1.29. The third-order valence-electron chi connectivity index (χ3n) is 5.68. The van der Waals surface area contributed by atoms with E-state index in [0.717, 1.165) is 43.7 Å². The molecule has 132 valence electrons. The molecule has 2 atom stereocenters. The summed E-state index contributed by atoms with van der Waals surface area (Å²) in [4.78, 5) is 14.7. The maximum absolute atomic E-state index is 12.6. The quantitative estimate of drug-likeness (QED) is 0.835. The monoisotopic (exact) mass is 331 g/mol. The zero-order valence-corrected chi connectivity index (χ0v) is 15.0. The fourth-order valence-electron chi connectivity index (χ4n) is 3.96. The first-order chi connectivity index (χ1) is 11.6. The van der Waals surface area contributed by atoms with E-state index in [-0.39, 0.29) is 17.9 Å². The minimum atomic E-state index is 0.145. The molecule has 1 spiro atoms. The number of hydrogen-bond donors (Lipinski definition) is 2. The molecule has 0 aromatic heterocycles. The number of likely N-dealkylation sites (N-methyl/N-ethyl adjacent to an activating group) is 1. The highest BCUT2D eigenvalue weighted by Crippen LogP contribution is 2.58. The molecule has 1 aromatic rings. The Morgan fingerprint density at radius 3 is 2.83 bits per heavy atom. The van der Waals surface area contributed by atoms with Crippen molar-refractivity contribution in [3.63, 3.8) is 0 Å². The summed E-state index contributed by atoms with van der Waals surface area (Å²) >= 11 is 0. The van der Waals surface area contributed by atoms with E-state index in [1.54, 1.807) is 7.11 Å². The number of nitrogens with zero attached hydrogens (tertiary/aromatic N) is 1. The van der Waals surface area contributed by atoms with Crippen LogP contribution in [0.15, 0.2) is 24.3 Å². The topological polar surface area (TPSA) is 53.6 Å². The van der Waals surface area contributed by atoms with Crippen LogP contribution in [0.1, 0.15) is 30.9 Å². The van der Waals surface area contributed by atoms with Gasteiger partial charge in [0.25, 0.3) is 0 Å². The summed E-state index contributed by atoms with van der Waals surface area (Å²) < 4.78 is 5.32. The molecule has 1 amide bonds. The molecule has 1 aromatic carbocycles. The second-order valence-electron chi connectivity index (χ2n) is 7.37. The number of nitrogens with one attached hydrogen (secondary N) is 2. The van der Waals surface area contributed by atoms with Crippen LogP contribution in [-0.4, -0.2) is 51.6 Å². The van der Waals surface area contributed by atoms with Gasteiger partial charge in [0.2, 0.25) is 5.91 Å². The number of hydrogen-bond acceptors (Lipinski definition) is 4. The van der Waals surface area contributed by atoms with E-state index in [1.807, 2.05) is 32.3 Å². The lowest BCUT2D eigenvalue weighted by atomic mass is 9.91. The lowest BCUT2D eigenvalue weighted by molar-refractivity contribution is -0.123. The highest BCUT2D eigenvalue weighted by molar-refractivity contribution is 5.82. The molecule has 2 N–H and O–H groups in total. The molecule has 1 aliphatic heterocycles. The Hall–Kier alpha value is -1.59. The van der Waals surface area contributed by atoms with E-state index in [2.05, 4.69) is 21.6 Å². The maximum Gasteiger partial charge on any atom is 0.223 e. The first kappa shape index (κ1) is 17.2. The van der Waals surface area contributed by atoms with Crippen molar-refractivity contribution in [2.75, 3.05) is 40.8 Å². The van der Waals surface area contributed by atoms with Gasteiger partial charge in [0.15, 0.2) is 0 Å². The first-order valence-electron chi connectivity index (χ1n) is 8.84. The van der Waals surface area contributed by atoms with Crippen molar-refractivity contribution >= 4 is 5.91 Å². The molecule has 1 heterocycles. The largest absolute Gasteiger partial charge is 0.497 e. The van der Waals surface area contributed by atoms with Crippen LogP contribution in [0.4, 0.5) is 0 Å². The van der Waals surface area contributed by atoms with Gasteiger partial charge < -0.3 is 20.3 Å². The van der Waals surface area contributed by atoms with Crippen LogP contribution in [0.25, 0.3) is 0 Å². The molecule has 5 heteroatoms. The van der Waals surface area contributed by atoms with Gasteiger partial charge in [0, 0.05) is 12.5 Å². The second-order valence-corrected chi connectivity index (χ2v) is 7.37. The van der Waals surface area contributed by atoms with E-state index in [0.29, 0.717) is 12.0 Å². The van der Waals surface area contributed by atoms with Gasteiger partial charge in [0.05, 0.1) is 13.2 Å². The lowest BCUT2D eigenvalue weighted by Crippen LogP contribution is -2.37. The van der Waals surface area contributed by atoms with E-state index >= 15 is 0 Å². The number of amides is 1. The summed E-state index contributed by atoms with van der Waals surface area (Å²) in [6.07, 6.45) is 3.34. The average molecular weight is 331 g/mol. The van der Waals surface area contributed by atoms with Gasteiger partial charge in [-0.3, -0.25) is 4.79 Å². The summed E-state index contributed by atoms with van der Waals surface area (Å²) in [6.45, 7) is 2.73. The van der Waals surface area contributed by atoms with E-state index in [1.165, 1.54) is 0 Å². The van der Waals surface area contributed by atoms with Gasteiger partial charge >= 0.3 is 0 Å². The van der Waals surface area contributed by atoms with Gasteiger partial charge in [-0.2, -0.15) is 0 Å². The fraction of sp³-hybridized carbons (Fsp3) is 0.632. The Bertz CT molecular complexity index is 582. The standard InChI is InChI=1S/C19H29N3O2/c1-22(2)17(14-5-4-6-15(11-14)24-3)13-21-18(23)16-12-19(16)7-9-20-10-8-19/h4-6,11,16-17,20H,7-10,12-13H2,1-3H3,(H,21,23). The zero-order valence-electron chi connectivity index (χ0n) is 15.0. The Kier molecular flexibility index (Phi) is 5.11. The SMILES string of the molecule is COc1cccc(C(CNC(=O)C2CC23CCNCC3)N(C)C)c1. The third-order valence-corrected chi connectivity index (χ3v) is 5.68. The minimum Gasteiger partial charge on any atom is -0.497 e. The predicted octanol–water partition coefficient (Wildman–Crippen LogP) is 1.80. The molecule has 5 nitrogen and oxygen atoms in total. The van der Waals surface area contributed by atoms with Crippen molar-refractivity contribution in [3.05, 3.63) is 29.8 Å². The van der Waals surface area contributed by atoms with Crippen molar-refractivity contribution in [2.24, 2.45) is 11.3 Å². The van der Waals surface area contributed by atoms with Crippen LogP contribution < -0.4 is 15.4 Å². The number of ether oxygens (including phenoxy) is 1. The zero-order chi connectivity index (χ0) is 17.2. The molecule has 2 aliphatic rings. The van der Waals surface area contributed by atoms with Gasteiger partial charge in [-0.15, -0.1) is 0 Å². The molecular weight excluding hydrogens is 302 g/mol. The van der Waals surface area contributed by atoms with Gasteiger partial charge in [-0.1, -0.05) is 12.1 Å². The van der Waals surface area contributed by atoms with Crippen molar-refractivity contribution in [3.8, 4) is 5.75 Å². The molecule has 1 saturated heterocycles. The summed E-state index contributed by atoms with van der Waals surface area (Å²) in [5.41, 5.74) is 1.45. The number of carbonyl (C=O) groups is 1. The number of rotatable bonds is 6. The number of benzene rings is 1. The molecule has 24 heavy (non-hydrogen) atoms. The normalized spacial score (nSPS) is 23.1. The Labute approximate surface area is 144 Å². The minimum absolute atomic E-state index is 0.145. The number of carbonyl (C=O) groups excluding carboxylic acids is 1. The molecule has 2 fully saturated rings.